The third-order valence-corrected chi connectivity index (χ3v) is 2.99. The van der Waals surface area contributed by atoms with E-state index in [4.69, 9.17) is 5.14 Å². The Hall–Kier alpha value is -1.61. The predicted octanol–water partition coefficient (Wildman–Crippen LogP) is 0.512. The minimum Gasteiger partial charge on any atom is -0.352 e. The summed E-state index contributed by atoms with van der Waals surface area (Å²) < 4.78 is 59.6. The quantitative estimate of drug-likeness (QED) is 0.613. The van der Waals surface area contributed by atoms with Crippen LogP contribution in [0.3, 0.4) is 0 Å². The number of benzene rings is 1. The smallest absolute Gasteiger partial charge is 0.251 e. The van der Waals surface area contributed by atoms with Crippen molar-refractivity contribution in [3.63, 3.8) is 0 Å². The number of rotatable bonds is 5. The van der Waals surface area contributed by atoms with Gasteiger partial charge in [-0.3, -0.25) is 4.79 Å². The molecule has 0 atom stereocenters. The van der Waals surface area contributed by atoms with Crippen molar-refractivity contribution in [2.75, 3.05) is 12.3 Å². The van der Waals surface area contributed by atoms with Gasteiger partial charge in [-0.05, 0) is 18.6 Å². The summed E-state index contributed by atoms with van der Waals surface area (Å²) in [5.41, 5.74) is -0.396. The van der Waals surface area contributed by atoms with Crippen LogP contribution >= 0.6 is 0 Å². The third-order valence-electron chi connectivity index (χ3n) is 2.14. The fraction of sp³-hybridized carbons (Fsp3) is 0.300. The van der Waals surface area contributed by atoms with Crippen molar-refractivity contribution >= 4 is 15.9 Å². The van der Waals surface area contributed by atoms with E-state index in [2.05, 4.69) is 5.32 Å². The largest absolute Gasteiger partial charge is 0.352 e. The lowest BCUT2D eigenvalue weighted by molar-refractivity contribution is 0.0952. The van der Waals surface area contributed by atoms with Crippen LogP contribution in [0, 0.1) is 17.5 Å². The summed E-state index contributed by atoms with van der Waals surface area (Å²) in [5, 5.41) is 6.97. The van der Waals surface area contributed by atoms with Crippen LogP contribution in [0.1, 0.15) is 16.8 Å². The first kappa shape index (κ1) is 15.4. The van der Waals surface area contributed by atoms with Crippen LogP contribution in [0.5, 0.6) is 0 Å². The number of hydrogen-bond donors (Lipinski definition) is 2. The number of halogens is 3. The maximum absolute atomic E-state index is 12.9. The van der Waals surface area contributed by atoms with Gasteiger partial charge in [-0.2, -0.15) is 0 Å². The molecule has 0 saturated carbocycles. The first-order valence-electron chi connectivity index (χ1n) is 5.14. The molecule has 9 heteroatoms. The van der Waals surface area contributed by atoms with E-state index in [1.165, 1.54) is 0 Å². The molecule has 0 aliphatic rings. The van der Waals surface area contributed by atoms with Crippen molar-refractivity contribution in [2.45, 2.75) is 6.42 Å². The summed E-state index contributed by atoms with van der Waals surface area (Å²) in [7, 11) is -3.63. The standard InChI is InChI=1S/C10H11F3N2O3S/c11-7-4-6(5-8(12)9(7)13)10(16)15-2-1-3-19(14,17)18/h4-5H,1-3H2,(H,15,16)(H2,14,17,18). The van der Waals surface area contributed by atoms with E-state index in [9.17, 15) is 26.4 Å². The molecule has 1 aromatic carbocycles. The van der Waals surface area contributed by atoms with Crippen LogP contribution in [0.15, 0.2) is 12.1 Å². The molecule has 0 saturated heterocycles. The zero-order valence-electron chi connectivity index (χ0n) is 9.62. The normalized spacial score (nSPS) is 11.4. The highest BCUT2D eigenvalue weighted by molar-refractivity contribution is 7.89. The fourth-order valence-corrected chi connectivity index (χ4v) is 1.81. The van der Waals surface area contributed by atoms with E-state index in [1.807, 2.05) is 0 Å². The summed E-state index contributed by atoms with van der Waals surface area (Å²) in [6, 6.07) is 1.10. The molecular formula is C10H11F3N2O3S. The molecule has 1 aromatic rings. The lowest BCUT2D eigenvalue weighted by Crippen LogP contribution is -2.27. The SMILES string of the molecule is NS(=O)(=O)CCCNC(=O)c1cc(F)c(F)c(F)c1. The van der Waals surface area contributed by atoms with Gasteiger partial charge in [0, 0.05) is 12.1 Å². The Morgan fingerprint density at radius 3 is 2.21 bits per heavy atom. The van der Waals surface area contributed by atoms with Crippen LogP contribution in [0.25, 0.3) is 0 Å². The minimum atomic E-state index is -3.63. The fourth-order valence-electron chi connectivity index (χ4n) is 1.26. The van der Waals surface area contributed by atoms with E-state index in [1.54, 1.807) is 0 Å². The molecule has 0 aromatic heterocycles. The lowest BCUT2D eigenvalue weighted by Gasteiger charge is -2.05. The molecule has 0 unspecified atom stereocenters. The Bertz CT molecular complexity index is 567. The van der Waals surface area contributed by atoms with Gasteiger partial charge in [0.1, 0.15) is 0 Å². The third kappa shape index (κ3) is 4.87. The number of amides is 1. The molecule has 0 spiro atoms. The summed E-state index contributed by atoms with van der Waals surface area (Å²) in [6.07, 6.45) is 0.0523. The molecule has 5 nitrogen and oxygen atoms in total. The monoisotopic (exact) mass is 296 g/mol. The average molecular weight is 296 g/mol. The Morgan fingerprint density at radius 2 is 1.74 bits per heavy atom. The van der Waals surface area contributed by atoms with Gasteiger partial charge in [0.05, 0.1) is 5.75 Å². The van der Waals surface area contributed by atoms with E-state index < -0.39 is 38.9 Å². The number of primary sulfonamides is 1. The first-order valence-corrected chi connectivity index (χ1v) is 6.85. The van der Waals surface area contributed by atoms with Crippen LogP contribution in [0.4, 0.5) is 13.2 Å². The second-order valence-electron chi connectivity index (χ2n) is 3.73. The highest BCUT2D eigenvalue weighted by Gasteiger charge is 2.14. The zero-order chi connectivity index (χ0) is 14.6. The molecule has 0 heterocycles. The van der Waals surface area contributed by atoms with Crippen LogP contribution in [0.2, 0.25) is 0 Å². The molecule has 0 aliphatic carbocycles. The van der Waals surface area contributed by atoms with Crippen LogP contribution in [-0.4, -0.2) is 26.6 Å². The Balaban J connectivity index is 2.60. The Kier molecular flexibility index (Phi) is 4.90. The number of carbonyl (C=O) groups excluding carboxylic acids is 1. The van der Waals surface area contributed by atoms with Crippen molar-refractivity contribution in [3.05, 3.63) is 35.1 Å². The summed E-state index contributed by atoms with van der Waals surface area (Å²) >= 11 is 0. The molecule has 0 aliphatic heterocycles. The van der Waals surface area contributed by atoms with Crippen molar-refractivity contribution in [1.82, 2.24) is 5.32 Å². The molecule has 19 heavy (non-hydrogen) atoms. The van der Waals surface area contributed by atoms with Gasteiger partial charge in [0.15, 0.2) is 17.5 Å². The van der Waals surface area contributed by atoms with Gasteiger partial charge < -0.3 is 5.32 Å². The Labute approximate surface area is 107 Å². The van der Waals surface area contributed by atoms with E-state index in [0.717, 1.165) is 0 Å². The highest BCUT2D eigenvalue weighted by atomic mass is 32.2. The second-order valence-corrected chi connectivity index (χ2v) is 5.46. The van der Waals surface area contributed by atoms with Gasteiger partial charge in [-0.1, -0.05) is 0 Å². The number of nitrogens with one attached hydrogen (secondary N) is 1. The van der Waals surface area contributed by atoms with Crippen LogP contribution in [-0.2, 0) is 10.0 Å². The first-order chi connectivity index (χ1) is 8.70. The number of hydrogen-bond acceptors (Lipinski definition) is 3. The molecule has 0 fully saturated rings. The maximum atomic E-state index is 12.9. The summed E-state index contributed by atoms with van der Waals surface area (Å²) in [5.74, 6) is -5.79. The molecular weight excluding hydrogens is 285 g/mol. The zero-order valence-corrected chi connectivity index (χ0v) is 10.4. The molecule has 0 radical (unpaired) electrons. The molecule has 0 bridgehead atoms. The van der Waals surface area contributed by atoms with Crippen molar-refractivity contribution in [2.24, 2.45) is 5.14 Å². The van der Waals surface area contributed by atoms with Crippen LogP contribution < -0.4 is 10.5 Å². The van der Waals surface area contributed by atoms with Crippen molar-refractivity contribution in [1.29, 1.82) is 0 Å². The Morgan fingerprint density at radius 1 is 1.21 bits per heavy atom. The van der Waals surface area contributed by atoms with E-state index >= 15 is 0 Å². The van der Waals surface area contributed by atoms with Gasteiger partial charge in [-0.15, -0.1) is 0 Å². The van der Waals surface area contributed by atoms with Gasteiger partial charge in [0.25, 0.3) is 5.91 Å². The van der Waals surface area contributed by atoms with Gasteiger partial charge in [0.2, 0.25) is 10.0 Å². The number of carbonyl (C=O) groups is 1. The van der Waals surface area contributed by atoms with Gasteiger partial charge >= 0.3 is 0 Å². The lowest BCUT2D eigenvalue weighted by atomic mass is 10.2. The summed E-state index contributed by atoms with van der Waals surface area (Å²) in [4.78, 5) is 11.4. The highest BCUT2D eigenvalue weighted by Crippen LogP contribution is 2.13. The van der Waals surface area contributed by atoms with Gasteiger partial charge in [-0.25, -0.2) is 26.7 Å². The number of nitrogens with two attached hydrogens (primary N) is 1. The number of sulfonamides is 1. The predicted molar refractivity (Wildman–Crippen MR) is 61.2 cm³/mol. The molecule has 106 valence electrons. The topological polar surface area (TPSA) is 89.3 Å². The van der Waals surface area contributed by atoms with E-state index in [0.29, 0.717) is 12.1 Å². The summed E-state index contributed by atoms with van der Waals surface area (Å²) in [6.45, 7) is -0.0458. The molecule has 3 N–H and O–H groups in total. The molecule has 1 rings (SSSR count). The maximum Gasteiger partial charge on any atom is 0.251 e. The molecule has 1 amide bonds. The average Bonchev–Trinajstić information content (AvgIpc) is 2.29. The van der Waals surface area contributed by atoms with E-state index in [-0.39, 0.29) is 18.7 Å². The minimum absolute atomic E-state index is 0.0458. The van der Waals surface area contributed by atoms with Crippen molar-refractivity contribution in [3.8, 4) is 0 Å². The van der Waals surface area contributed by atoms with Crippen molar-refractivity contribution < 1.29 is 26.4 Å². The second kappa shape index (κ2) is 6.02.